The van der Waals surface area contributed by atoms with Crippen molar-refractivity contribution in [3.05, 3.63) is 11.9 Å². The lowest BCUT2D eigenvalue weighted by atomic mass is 10.1. The van der Waals surface area contributed by atoms with Gasteiger partial charge in [-0.3, -0.25) is 4.79 Å². The fourth-order valence-corrected chi connectivity index (χ4v) is 2.44. The maximum atomic E-state index is 12.1. The summed E-state index contributed by atoms with van der Waals surface area (Å²) >= 11 is 0. The van der Waals surface area contributed by atoms with Crippen molar-refractivity contribution in [2.75, 3.05) is 53.5 Å². The molecule has 0 atom stereocenters. The Morgan fingerprint density at radius 1 is 1.42 bits per heavy atom. The third-order valence-electron chi connectivity index (χ3n) is 3.88. The van der Waals surface area contributed by atoms with Crippen molar-refractivity contribution in [2.45, 2.75) is 18.9 Å². The van der Waals surface area contributed by atoms with Gasteiger partial charge in [0, 0.05) is 26.7 Å². The number of halogens is 2. The lowest BCUT2D eigenvalue weighted by Crippen LogP contribution is -2.34. The number of amides is 1. The second-order valence-corrected chi connectivity index (χ2v) is 5.62. The molecule has 2 heterocycles. The number of carbonyl (C=O) groups is 1. The van der Waals surface area contributed by atoms with E-state index >= 15 is 0 Å². The highest BCUT2D eigenvalue weighted by atomic mass is 35.5. The number of aromatic nitrogens is 3. The van der Waals surface area contributed by atoms with Crippen LogP contribution in [0.2, 0.25) is 0 Å². The Morgan fingerprint density at radius 3 is 2.79 bits per heavy atom. The third-order valence-corrected chi connectivity index (χ3v) is 3.88. The molecule has 1 fully saturated rings. The Morgan fingerprint density at radius 2 is 2.12 bits per heavy atom. The first-order chi connectivity index (χ1) is 10.7. The number of ether oxygens (including phenoxy) is 1. The summed E-state index contributed by atoms with van der Waals surface area (Å²) in [7, 11) is 3.68. The molecule has 2 N–H and O–H groups in total. The number of carbonyl (C=O) groups excluding carboxylic acids is 1. The molecular weight excluding hydrogens is 355 g/mol. The van der Waals surface area contributed by atoms with Crippen LogP contribution in [0.1, 0.15) is 29.4 Å². The van der Waals surface area contributed by atoms with Gasteiger partial charge >= 0.3 is 0 Å². The van der Waals surface area contributed by atoms with E-state index in [1.165, 1.54) is 0 Å². The van der Waals surface area contributed by atoms with Gasteiger partial charge in [-0.05, 0) is 33.0 Å². The van der Waals surface area contributed by atoms with Gasteiger partial charge in [0.05, 0.1) is 18.8 Å². The van der Waals surface area contributed by atoms with Crippen LogP contribution in [0.5, 0.6) is 0 Å². The zero-order chi connectivity index (χ0) is 15.8. The molecule has 1 aromatic rings. The molecule has 0 aromatic carbocycles. The lowest BCUT2D eigenvalue weighted by molar-refractivity contribution is 0.0942. The molecule has 0 radical (unpaired) electrons. The zero-order valence-corrected chi connectivity index (χ0v) is 15.9. The Balaban J connectivity index is 0.00000264. The molecule has 0 spiro atoms. The molecule has 8 nitrogen and oxygen atoms in total. The van der Waals surface area contributed by atoms with E-state index in [2.05, 4.69) is 25.8 Å². The van der Waals surface area contributed by atoms with Gasteiger partial charge < -0.3 is 20.3 Å². The van der Waals surface area contributed by atoms with Crippen LogP contribution in [0.25, 0.3) is 0 Å². The Hall–Kier alpha value is -0.930. The van der Waals surface area contributed by atoms with E-state index in [0.29, 0.717) is 24.9 Å². The van der Waals surface area contributed by atoms with Gasteiger partial charge in [-0.1, -0.05) is 5.21 Å². The topological polar surface area (TPSA) is 84.3 Å². The lowest BCUT2D eigenvalue weighted by Gasteiger charge is -2.22. The minimum Gasteiger partial charge on any atom is -0.383 e. The minimum absolute atomic E-state index is 0. The zero-order valence-electron chi connectivity index (χ0n) is 14.2. The minimum atomic E-state index is -0.166. The monoisotopic (exact) mass is 382 g/mol. The predicted octanol–water partition coefficient (Wildman–Crippen LogP) is 0.354. The molecule has 1 aliphatic heterocycles. The normalized spacial score (nSPS) is 14.8. The number of nitrogens with zero attached hydrogens (tertiary/aromatic N) is 4. The molecule has 1 aliphatic rings. The molecule has 0 bridgehead atoms. The summed E-state index contributed by atoms with van der Waals surface area (Å²) in [6.07, 6.45) is 3.80. The molecule has 24 heavy (non-hydrogen) atoms. The van der Waals surface area contributed by atoms with Crippen LogP contribution in [0.15, 0.2) is 6.20 Å². The Labute approximate surface area is 155 Å². The van der Waals surface area contributed by atoms with Crippen molar-refractivity contribution in [3.63, 3.8) is 0 Å². The van der Waals surface area contributed by atoms with Crippen LogP contribution in [-0.2, 0) is 4.74 Å². The molecule has 0 unspecified atom stereocenters. The summed E-state index contributed by atoms with van der Waals surface area (Å²) in [5.41, 5.74) is 0.387. The highest BCUT2D eigenvalue weighted by Crippen LogP contribution is 2.16. The van der Waals surface area contributed by atoms with E-state index in [-0.39, 0.29) is 30.7 Å². The largest absolute Gasteiger partial charge is 0.383 e. The van der Waals surface area contributed by atoms with E-state index in [1.807, 2.05) is 11.7 Å². The molecule has 1 saturated heterocycles. The van der Waals surface area contributed by atoms with Crippen LogP contribution in [0.4, 0.5) is 0 Å². The van der Waals surface area contributed by atoms with E-state index < -0.39 is 0 Å². The van der Waals surface area contributed by atoms with Gasteiger partial charge in [0.15, 0.2) is 5.69 Å². The SMILES string of the molecule is COCCN(C)CCNC(=O)c1cn(C2CCNCC2)nn1.Cl.Cl. The average molecular weight is 383 g/mol. The van der Waals surface area contributed by atoms with Gasteiger partial charge in [-0.15, -0.1) is 29.9 Å². The molecule has 2 rings (SSSR count). The van der Waals surface area contributed by atoms with E-state index in [1.54, 1.807) is 13.3 Å². The maximum Gasteiger partial charge on any atom is 0.273 e. The number of hydrogen-bond donors (Lipinski definition) is 2. The summed E-state index contributed by atoms with van der Waals surface area (Å²) in [5, 5.41) is 14.3. The quantitative estimate of drug-likeness (QED) is 0.674. The number of nitrogens with one attached hydrogen (secondary N) is 2. The Kier molecular flexibility index (Phi) is 12.0. The first-order valence-electron chi connectivity index (χ1n) is 7.79. The summed E-state index contributed by atoms with van der Waals surface area (Å²) < 4.78 is 6.84. The van der Waals surface area contributed by atoms with Gasteiger partial charge in [0.2, 0.25) is 0 Å². The van der Waals surface area contributed by atoms with Crippen molar-refractivity contribution >= 4 is 30.7 Å². The molecule has 1 aromatic heterocycles. The van der Waals surface area contributed by atoms with Crippen molar-refractivity contribution in [1.29, 1.82) is 0 Å². The summed E-state index contributed by atoms with van der Waals surface area (Å²) in [4.78, 5) is 14.2. The summed E-state index contributed by atoms with van der Waals surface area (Å²) in [6.45, 7) is 4.86. The fourth-order valence-electron chi connectivity index (χ4n) is 2.44. The highest BCUT2D eigenvalue weighted by molar-refractivity contribution is 5.91. The van der Waals surface area contributed by atoms with Crippen molar-refractivity contribution < 1.29 is 9.53 Å². The number of hydrogen-bond acceptors (Lipinski definition) is 6. The predicted molar refractivity (Wildman–Crippen MR) is 97.4 cm³/mol. The number of piperidine rings is 1. The third kappa shape index (κ3) is 7.31. The fraction of sp³-hybridized carbons (Fsp3) is 0.786. The smallest absolute Gasteiger partial charge is 0.273 e. The van der Waals surface area contributed by atoms with Crippen LogP contribution < -0.4 is 10.6 Å². The molecule has 140 valence electrons. The highest BCUT2D eigenvalue weighted by Gasteiger charge is 2.18. The summed E-state index contributed by atoms with van der Waals surface area (Å²) in [5.74, 6) is -0.166. The standard InChI is InChI=1S/C14H26N6O2.2ClH/c1-19(9-10-22-2)8-7-16-14(21)13-11-20(18-17-13)12-3-5-15-6-4-12;;/h11-12,15H,3-10H2,1-2H3,(H,16,21);2*1H. The van der Waals surface area contributed by atoms with Crippen molar-refractivity contribution in [2.24, 2.45) is 0 Å². The van der Waals surface area contributed by atoms with Gasteiger partial charge in [-0.2, -0.15) is 0 Å². The molecule has 10 heteroatoms. The first kappa shape index (κ1) is 23.1. The average Bonchev–Trinajstić information content (AvgIpc) is 3.04. The van der Waals surface area contributed by atoms with Crippen LogP contribution in [0, 0.1) is 0 Å². The second-order valence-electron chi connectivity index (χ2n) is 5.62. The first-order valence-corrected chi connectivity index (χ1v) is 7.79. The van der Waals surface area contributed by atoms with Gasteiger partial charge in [0.1, 0.15) is 0 Å². The van der Waals surface area contributed by atoms with E-state index in [9.17, 15) is 4.79 Å². The maximum absolute atomic E-state index is 12.1. The number of likely N-dealkylation sites (N-methyl/N-ethyl adjacent to an activating group) is 1. The van der Waals surface area contributed by atoms with Crippen molar-refractivity contribution in [3.8, 4) is 0 Å². The second kappa shape index (κ2) is 12.4. The number of methoxy groups -OCH3 is 1. The Bertz CT molecular complexity index is 468. The molecule has 0 saturated carbocycles. The molecule has 0 aliphatic carbocycles. The summed E-state index contributed by atoms with van der Waals surface area (Å²) in [6, 6.07) is 0.343. The molecular formula is C14H28Cl2N6O2. The van der Waals surface area contributed by atoms with Crippen molar-refractivity contribution in [1.82, 2.24) is 30.5 Å². The van der Waals surface area contributed by atoms with Crippen LogP contribution in [0.3, 0.4) is 0 Å². The molecule has 1 amide bonds. The van der Waals surface area contributed by atoms with Gasteiger partial charge in [-0.25, -0.2) is 4.68 Å². The van der Waals surface area contributed by atoms with Gasteiger partial charge in [0.25, 0.3) is 5.91 Å². The van der Waals surface area contributed by atoms with Crippen LogP contribution >= 0.6 is 24.8 Å². The number of rotatable bonds is 8. The van der Waals surface area contributed by atoms with Crippen LogP contribution in [-0.4, -0.2) is 79.3 Å². The van der Waals surface area contributed by atoms with E-state index in [0.717, 1.165) is 39.0 Å². The van der Waals surface area contributed by atoms with E-state index in [4.69, 9.17) is 4.74 Å².